The van der Waals surface area contributed by atoms with Crippen molar-refractivity contribution < 1.29 is 4.79 Å². The van der Waals surface area contributed by atoms with E-state index in [1.54, 1.807) is 11.8 Å². The molecule has 18 heavy (non-hydrogen) atoms. The van der Waals surface area contributed by atoms with Crippen LogP contribution < -0.4 is 5.32 Å². The maximum Gasteiger partial charge on any atom is 0.252 e. The number of carbonyl (C=O) groups is 1. The van der Waals surface area contributed by atoms with Gasteiger partial charge in [-0.25, -0.2) is 0 Å². The van der Waals surface area contributed by atoms with E-state index in [-0.39, 0.29) is 5.91 Å². The first-order valence-corrected chi connectivity index (χ1v) is 7.94. The molecule has 2 bridgehead atoms. The zero-order valence-electron chi connectivity index (χ0n) is 10.7. The van der Waals surface area contributed by atoms with Gasteiger partial charge in [0.15, 0.2) is 0 Å². The molecule has 2 aliphatic rings. The second-order valence-corrected chi connectivity index (χ2v) is 6.30. The summed E-state index contributed by atoms with van der Waals surface area (Å²) in [5, 5.41) is 3.25. The lowest BCUT2D eigenvalue weighted by atomic mass is 9.95. The Bertz CT molecular complexity index is 460. The normalized spacial score (nSPS) is 29.5. The molecule has 0 unspecified atom stereocenters. The summed E-state index contributed by atoms with van der Waals surface area (Å²) in [4.78, 5) is 13.4. The lowest BCUT2D eigenvalue weighted by Gasteiger charge is -2.23. The first-order valence-electron chi connectivity index (χ1n) is 6.72. The second-order valence-electron chi connectivity index (χ2n) is 5.46. The molecule has 2 nitrogen and oxygen atoms in total. The third kappa shape index (κ3) is 2.16. The summed E-state index contributed by atoms with van der Waals surface area (Å²) in [6.45, 7) is 0. The Labute approximate surface area is 113 Å². The lowest BCUT2D eigenvalue weighted by Crippen LogP contribution is -2.38. The van der Waals surface area contributed by atoms with Crippen LogP contribution >= 0.6 is 11.8 Å². The maximum absolute atomic E-state index is 12.3. The number of thioether (sulfide) groups is 1. The minimum Gasteiger partial charge on any atom is -0.349 e. The summed E-state index contributed by atoms with van der Waals surface area (Å²) in [6.07, 6.45) is 7.22. The quantitative estimate of drug-likeness (QED) is 0.846. The van der Waals surface area contributed by atoms with Crippen LogP contribution in [0.15, 0.2) is 29.2 Å². The van der Waals surface area contributed by atoms with E-state index < -0.39 is 0 Å². The smallest absolute Gasteiger partial charge is 0.252 e. The summed E-state index contributed by atoms with van der Waals surface area (Å²) in [7, 11) is 0. The highest BCUT2D eigenvalue weighted by molar-refractivity contribution is 7.98. The van der Waals surface area contributed by atoms with E-state index >= 15 is 0 Å². The number of hydrogen-bond acceptors (Lipinski definition) is 2. The van der Waals surface area contributed by atoms with Crippen molar-refractivity contribution in [2.24, 2.45) is 11.8 Å². The predicted molar refractivity (Wildman–Crippen MR) is 74.9 cm³/mol. The zero-order valence-corrected chi connectivity index (χ0v) is 11.5. The fraction of sp³-hybridized carbons (Fsp3) is 0.533. The summed E-state index contributed by atoms with van der Waals surface area (Å²) in [5.41, 5.74) is 0.827. The van der Waals surface area contributed by atoms with E-state index in [1.165, 1.54) is 25.7 Å². The Morgan fingerprint density at radius 3 is 2.78 bits per heavy atom. The van der Waals surface area contributed by atoms with Gasteiger partial charge in [0.25, 0.3) is 5.91 Å². The molecular weight excluding hydrogens is 242 g/mol. The molecule has 0 radical (unpaired) electrons. The van der Waals surface area contributed by atoms with Crippen LogP contribution in [0.4, 0.5) is 0 Å². The molecule has 2 fully saturated rings. The molecule has 2 saturated carbocycles. The molecule has 0 aliphatic heterocycles. The van der Waals surface area contributed by atoms with Crippen molar-refractivity contribution in [1.82, 2.24) is 5.32 Å². The summed E-state index contributed by atoms with van der Waals surface area (Å²) in [5.74, 6) is 1.72. The van der Waals surface area contributed by atoms with Crippen LogP contribution in [0.5, 0.6) is 0 Å². The number of benzene rings is 1. The summed E-state index contributed by atoms with van der Waals surface area (Å²) in [6, 6.07) is 8.29. The van der Waals surface area contributed by atoms with Crippen LogP contribution in [0.1, 0.15) is 36.0 Å². The van der Waals surface area contributed by atoms with Gasteiger partial charge < -0.3 is 5.32 Å². The summed E-state index contributed by atoms with van der Waals surface area (Å²) < 4.78 is 0. The van der Waals surface area contributed by atoms with Crippen LogP contribution in [-0.4, -0.2) is 18.2 Å². The molecule has 0 spiro atoms. The van der Waals surface area contributed by atoms with Crippen molar-refractivity contribution >= 4 is 17.7 Å². The number of carbonyl (C=O) groups excluding carboxylic acids is 1. The van der Waals surface area contributed by atoms with Crippen molar-refractivity contribution in [2.75, 3.05) is 6.26 Å². The van der Waals surface area contributed by atoms with Crippen LogP contribution in [0.25, 0.3) is 0 Å². The van der Waals surface area contributed by atoms with Gasteiger partial charge in [-0.2, -0.15) is 0 Å². The van der Waals surface area contributed by atoms with Crippen molar-refractivity contribution in [3.8, 4) is 0 Å². The van der Waals surface area contributed by atoms with Gasteiger partial charge >= 0.3 is 0 Å². The molecule has 96 valence electrons. The van der Waals surface area contributed by atoms with E-state index in [1.807, 2.05) is 30.5 Å². The first kappa shape index (κ1) is 12.1. The highest BCUT2D eigenvalue weighted by atomic mass is 32.2. The molecule has 1 N–H and O–H groups in total. The molecule has 3 heteroatoms. The highest BCUT2D eigenvalue weighted by Crippen LogP contribution is 2.44. The largest absolute Gasteiger partial charge is 0.349 e. The van der Waals surface area contributed by atoms with Gasteiger partial charge in [-0.3, -0.25) is 4.79 Å². The molecule has 0 aromatic heterocycles. The van der Waals surface area contributed by atoms with Crippen molar-refractivity contribution in [1.29, 1.82) is 0 Å². The minimum absolute atomic E-state index is 0.109. The number of rotatable bonds is 3. The van der Waals surface area contributed by atoms with Gasteiger partial charge in [-0.1, -0.05) is 18.6 Å². The molecular formula is C15H19NOS. The average molecular weight is 261 g/mol. The van der Waals surface area contributed by atoms with Crippen LogP contribution in [0.3, 0.4) is 0 Å². The maximum atomic E-state index is 12.3. The summed E-state index contributed by atoms with van der Waals surface area (Å²) >= 11 is 1.64. The molecule has 0 saturated heterocycles. The fourth-order valence-electron chi connectivity index (χ4n) is 3.50. The zero-order chi connectivity index (χ0) is 12.5. The van der Waals surface area contributed by atoms with Crippen LogP contribution in [-0.2, 0) is 0 Å². The Hall–Kier alpha value is -0.960. The standard InChI is InChI=1S/C15H19NOS/c1-18-14-5-3-2-4-12(14)15(17)16-13-9-10-6-7-11(13)8-10/h2-5,10-11,13H,6-9H2,1H3,(H,16,17)/t10-,11-,13-/m0/s1. The molecule has 2 aliphatic carbocycles. The molecule has 3 rings (SSSR count). The Morgan fingerprint density at radius 2 is 2.11 bits per heavy atom. The Balaban J connectivity index is 1.71. The van der Waals surface area contributed by atoms with E-state index in [9.17, 15) is 4.79 Å². The van der Waals surface area contributed by atoms with Gasteiger partial charge in [0.1, 0.15) is 0 Å². The SMILES string of the molecule is CSc1ccccc1C(=O)N[C@H]1C[C@H]2CC[C@H]1C2. The Kier molecular flexibility index (Phi) is 3.33. The fourth-order valence-corrected chi connectivity index (χ4v) is 4.10. The van der Waals surface area contributed by atoms with Crippen LogP contribution in [0, 0.1) is 11.8 Å². The molecule has 3 atom stereocenters. The van der Waals surface area contributed by atoms with E-state index in [0.717, 1.165) is 22.3 Å². The van der Waals surface area contributed by atoms with Gasteiger partial charge in [0.2, 0.25) is 0 Å². The molecule has 1 aromatic carbocycles. The third-order valence-corrected chi connectivity index (χ3v) is 5.20. The lowest BCUT2D eigenvalue weighted by molar-refractivity contribution is 0.0920. The van der Waals surface area contributed by atoms with Gasteiger partial charge in [-0.05, 0) is 49.5 Å². The first-order chi connectivity index (χ1) is 8.78. The van der Waals surface area contributed by atoms with Gasteiger partial charge in [0.05, 0.1) is 5.56 Å². The molecule has 1 amide bonds. The second kappa shape index (κ2) is 4.96. The van der Waals surface area contributed by atoms with Crippen molar-refractivity contribution in [2.45, 2.75) is 36.6 Å². The van der Waals surface area contributed by atoms with E-state index in [0.29, 0.717) is 6.04 Å². The van der Waals surface area contributed by atoms with Crippen LogP contribution in [0.2, 0.25) is 0 Å². The Morgan fingerprint density at radius 1 is 1.28 bits per heavy atom. The number of fused-ring (bicyclic) bond motifs is 2. The monoisotopic (exact) mass is 261 g/mol. The minimum atomic E-state index is 0.109. The third-order valence-electron chi connectivity index (χ3n) is 4.41. The van der Waals surface area contributed by atoms with Gasteiger partial charge in [-0.15, -0.1) is 11.8 Å². The van der Waals surface area contributed by atoms with Crippen molar-refractivity contribution in [3.05, 3.63) is 29.8 Å². The number of hydrogen-bond donors (Lipinski definition) is 1. The highest BCUT2D eigenvalue weighted by Gasteiger charge is 2.40. The predicted octanol–water partition coefficient (Wildman–Crippen LogP) is 3.33. The molecule has 1 aromatic rings. The number of nitrogens with one attached hydrogen (secondary N) is 1. The number of amides is 1. The van der Waals surface area contributed by atoms with Crippen molar-refractivity contribution in [3.63, 3.8) is 0 Å². The van der Waals surface area contributed by atoms with Gasteiger partial charge in [0, 0.05) is 10.9 Å². The van der Waals surface area contributed by atoms with E-state index in [2.05, 4.69) is 5.32 Å². The average Bonchev–Trinajstić information content (AvgIpc) is 3.01. The van der Waals surface area contributed by atoms with E-state index in [4.69, 9.17) is 0 Å². The molecule has 0 heterocycles. The topological polar surface area (TPSA) is 29.1 Å².